The lowest BCUT2D eigenvalue weighted by molar-refractivity contribution is -0.134. The second-order valence-electron chi connectivity index (χ2n) is 5.28. The predicted molar refractivity (Wildman–Crippen MR) is 91.1 cm³/mol. The van der Waals surface area contributed by atoms with Crippen LogP contribution in [0.3, 0.4) is 0 Å². The van der Waals surface area contributed by atoms with Crippen molar-refractivity contribution in [2.24, 2.45) is 0 Å². The molecule has 0 N–H and O–H groups in total. The van der Waals surface area contributed by atoms with E-state index < -0.39 is 0 Å². The molecule has 3 aromatic rings. The van der Waals surface area contributed by atoms with Crippen LogP contribution in [0.2, 0.25) is 0 Å². The minimum absolute atomic E-state index is 0.268. The first kappa shape index (κ1) is 15.9. The Morgan fingerprint density at radius 1 is 0.917 bits per heavy atom. The number of carbonyl (C=O) groups excluding carboxylic acids is 1. The first-order chi connectivity index (χ1) is 11.7. The molecule has 4 heteroatoms. The second kappa shape index (κ2) is 7.51. The minimum atomic E-state index is -0.274. The van der Waals surface area contributed by atoms with Crippen LogP contribution in [-0.2, 0) is 11.2 Å². The van der Waals surface area contributed by atoms with Crippen LogP contribution in [-0.4, -0.2) is 13.1 Å². The number of para-hydroxylation sites is 1. The van der Waals surface area contributed by atoms with E-state index in [1.165, 1.54) is 0 Å². The van der Waals surface area contributed by atoms with E-state index in [9.17, 15) is 4.79 Å². The Morgan fingerprint density at radius 3 is 2.38 bits per heavy atom. The highest BCUT2D eigenvalue weighted by Gasteiger charge is 2.09. The van der Waals surface area contributed by atoms with Crippen LogP contribution in [0.15, 0.2) is 71.1 Å². The molecule has 0 atom stereocenters. The summed E-state index contributed by atoms with van der Waals surface area (Å²) in [7, 11) is 1.63. The summed E-state index contributed by atoms with van der Waals surface area (Å²) in [4.78, 5) is 11.9. The molecule has 0 radical (unpaired) electrons. The van der Waals surface area contributed by atoms with E-state index in [4.69, 9.17) is 13.9 Å². The summed E-state index contributed by atoms with van der Waals surface area (Å²) in [6, 6.07) is 20.5. The molecule has 0 saturated carbocycles. The topological polar surface area (TPSA) is 48.7 Å². The molecular formula is C20H18O4. The molecule has 0 saturated heterocycles. The fraction of sp³-hybridized carbons (Fsp3) is 0.150. The van der Waals surface area contributed by atoms with Gasteiger partial charge in [-0.3, -0.25) is 4.79 Å². The van der Waals surface area contributed by atoms with Gasteiger partial charge < -0.3 is 13.9 Å². The monoisotopic (exact) mass is 322 g/mol. The molecule has 0 aliphatic carbocycles. The maximum Gasteiger partial charge on any atom is 0.311 e. The Labute approximate surface area is 140 Å². The van der Waals surface area contributed by atoms with E-state index >= 15 is 0 Å². The number of hydrogen-bond donors (Lipinski definition) is 0. The molecule has 2 aromatic carbocycles. The van der Waals surface area contributed by atoms with E-state index in [-0.39, 0.29) is 12.4 Å². The largest absolute Gasteiger partial charge is 0.497 e. The van der Waals surface area contributed by atoms with Crippen molar-refractivity contribution in [3.63, 3.8) is 0 Å². The number of hydrogen-bond acceptors (Lipinski definition) is 4. The van der Waals surface area contributed by atoms with Gasteiger partial charge in [-0.05, 0) is 48.5 Å². The van der Waals surface area contributed by atoms with Crippen molar-refractivity contribution in [2.75, 3.05) is 7.11 Å². The summed E-state index contributed by atoms with van der Waals surface area (Å²) in [5.41, 5.74) is 0.967. The van der Waals surface area contributed by atoms with Gasteiger partial charge in [-0.1, -0.05) is 18.2 Å². The lowest BCUT2D eigenvalue weighted by atomic mass is 10.2. The van der Waals surface area contributed by atoms with Crippen molar-refractivity contribution >= 4 is 5.97 Å². The lowest BCUT2D eigenvalue weighted by Crippen LogP contribution is -2.08. The maximum absolute atomic E-state index is 11.9. The Morgan fingerprint density at radius 2 is 1.67 bits per heavy atom. The number of aryl methyl sites for hydroxylation is 1. The van der Waals surface area contributed by atoms with Gasteiger partial charge >= 0.3 is 5.97 Å². The Kier molecular flexibility index (Phi) is 4.96. The van der Waals surface area contributed by atoms with Crippen molar-refractivity contribution in [3.05, 3.63) is 72.5 Å². The molecule has 0 spiro atoms. The van der Waals surface area contributed by atoms with Gasteiger partial charge in [-0.2, -0.15) is 0 Å². The Balaban J connectivity index is 1.56. The van der Waals surface area contributed by atoms with Crippen molar-refractivity contribution in [1.29, 1.82) is 0 Å². The first-order valence-electron chi connectivity index (χ1n) is 7.73. The zero-order valence-corrected chi connectivity index (χ0v) is 13.4. The van der Waals surface area contributed by atoms with E-state index in [2.05, 4.69) is 0 Å². The summed E-state index contributed by atoms with van der Waals surface area (Å²) >= 11 is 0. The smallest absolute Gasteiger partial charge is 0.311 e. The highest BCUT2D eigenvalue weighted by atomic mass is 16.5. The standard InChI is InChI=1S/C20H18O4/c1-22-16-9-7-15(8-10-16)19-13-11-18(23-19)12-14-20(21)24-17-5-3-2-4-6-17/h2-11,13H,12,14H2,1H3. The summed E-state index contributed by atoms with van der Waals surface area (Å²) in [5.74, 6) is 2.61. The molecule has 4 nitrogen and oxygen atoms in total. The van der Waals surface area contributed by atoms with Gasteiger partial charge in [0.05, 0.1) is 13.5 Å². The van der Waals surface area contributed by atoms with Crippen LogP contribution >= 0.6 is 0 Å². The average Bonchev–Trinajstić information content (AvgIpc) is 3.10. The number of furan rings is 1. The lowest BCUT2D eigenvalue weighted by Gasteiger charge is -2.03. The second-order valence-corrected chi connectivity index (χ2v) is 5.28. The molecule has 122 valence electrons. The summed E-state index contributed by atoms with van der Waals surface area (Å²) in [6.45, 7) is 0. The number of esters is 1. The zero-order chi connectivity index (χ0) is 16.8. The van der Waals surface area contributed by atoms with E-state index in [1.54, 1.807) is 19.2 Å². The van der Waals surface area contributed by atoms with Gasteiger partial charge in [0.25, 0.3) is 0 Å². The third-order valence-electron chi connectivity index (χ3n) is 3.59. The van der Waals surface area contributed by atoms with E-state index in [1.807, 2.05) is 54.6 Å². The Hall–Kier alpha value is -3.01. The van der Waals surface area contributed by atoms with E-state index in [0.29, 0.717) is 12.2 Å². The van der Waals surface area contributed by atoms with Crippen molar-refractivity contribution < 1.29 is 18.7 Å². The molecule has 24 heavy (non-hydrogen) atoms. The summed E-state index contributed by atoms with van der Waals surface area (Å²) in [6.07, 6.45) is 0.770. The van der Waals surface area contributed by atoms with Crippen molar-refractivity contribution in [1.82, 2.24) is 0 Å². The highest BCUT2D eigenvalue weighted by molar-refractivity contribution is 5.72. The number of benzene rings is 2. The van der Waals surface area contributed by atoms with Crippen molar-refractivity contribution in [3.8, 4) is 22.8 Å². The van der Waals surface area contributed by atoms with E-state index in [0.717, 1.165) is 22.8 Å². The summed E-state index contributed by atoms with van der Waals surface area (Å²) < 4.78 is 16.2. The zero-order valence-electron chi connectivity index (χ0n) is 13.4. The molecule has 0 amide bonds. The quantitative estimate of drug-likeness (QED) is 0.495. The van der Waals surface area contributed by atoms with Crippen LogP contribution in [0.1, 0.15) is 12.2 Å². The Bertz CT molecular complexity index is 788. The molecule has 0 bridgehead atoms. The van der Waals surface area contributed by atoms with Crippen LogP contribution in [0.25, 0.3) is 11.3 Å². The number of carbonyl (C=O) groups is 1. The molecule has 0 aliphatic rings. The molecule has 1 aromatic heterocycles. The number of ether oxygens (including phenoxy) is 2. The normalized spacial score (nSPS) is 10.4. The fourth-order valence-electron chi connectivity index (χ4n) is 2.32. The van der Waals surface area contributed by atoms with Crippen molar-refractivity contribution in [2.45, 2.75) is 12.8 Å². The van der Waals surface area contributed by atoms with Gasteiger partial charge in [0, 0.05) is 12.0 Å². The van der Waals surface area contributed by atoms with Crippen LogP contribution < -0.4 is 9.47 Å². The summed E-state index contributed by atoms with van der Waals surface area (Å²) in [5, 5.41) is 0. The fourth-order valence-corrected chi connectivity index (χ4v) is 2.32. The number of methoxy groups -OCH3 is 1. The third kappa shape index (κ3) is 4.04. The minimum Gasteiger partial charge on any atom is -0.497 e. The van der Waals surface area contributed by atoms with Gasteiger partial charge in [0.15, 0.2) is 0 Å². The highest BCUT2D eigenvalue weighted by Crippen LogP contribution is 2.25. The molecule has 0 aliphatic heterocycles. The molecule has 1 heterocycles. The molecule has 0 unspecified atom stereocenters. The number of rotatable bonds is 6. The molecule has 3 rings (SSSR count). The predicted octanol–water partition coefficient (Wildman–Crippen LogP) is 4.49. The maximum atomic E-state index is 11.9. The van der Waals surface area contributed by atoms with Gasteiger partial charge in [-0.25, -0.2) is 0 Å². The van der Waals surface area contributed by atoms with Gasteiger partial charge in [-0.15, -0.1) is 0 Å². The van der Waals surface area contributed by atoms with Gasteiger partial charge in [0.2, 0.25) is 0 Å². The molecule has 0 fully saturated rings. The van der Waals surface area contributed by atoms with Crippen LogP contribution in [0.4, 0.5) is 0 Å². The third-order valence-corrected chi connectivity index (χ3v) is 3.59. The SMILES string of the molecule is COc1ccc(-c2ccc(CCC(=O)Oc3ccccc3)o2)cc1. The average molecular weight is 322 g/mol. The van der Waals surface area contributed by atoms with Crippen LogP contribution in [0.5, 0.6) is 11.5 Å². The van der Waals surface area contributed by atoms with Crippen LogP contribution in [0, 0.1) is 0 Å². The first-order valence-corrected chi connectivity index (χ1v) is 7.73. The van der Waals surface area contributed by atoms with Gasteiger partial charge in [0.1, 0.15) is 23.0 Å². The molecular weight excluding hydrogens is 304 g/mol.